The second-order valence-electron chi connectivity index (χ2n) is 9.02. The van der Waals surface area contributed by atoms with Crippen LogP contribution in [0.15, 0.2) is 99.2 Å². The molecule has 7 nitrogen and oxygen atoms in total. The van der Waals surface area contributed by atoms with Gasteiger partial charge < -0.3 is 13.9 Å². The van der Waals surface area contributed by atoms with Crippen LogP contribution in [0.5, 0.6) is 11.5 Å². The number of ether oxygens (including phenoxy) is 2. The van der Waals surface area contributed by atoms with E-state index < -0.39 is 0 Å². The van der Waals surface area contributed by atoms with E-state index in [-0.39, 0.29) is 23.8 Å². The standard InChI is InChI=1S/C31H20ClFIN3O4/c1-39-27-13-18(12-24(34)29(27)40-17-19-6-2-4-8-23(19)33)16-35-37-30(36-25-9-5-3-7-22(25)31(37)38)28-15-20-14-21(32)10-11-26(20)41-28/h2-16H,17H2,1H3. The summed E-state index contributed by atoms with van der Waals surface area (Å²) in [6.07, 6.45) is 1.53. The minimum Gasteiger partial charge on any atom is -0.493 e. The van der Waals surface area contributed by atoms with Crippen LogP contribution in [0.2, 0.25) is 5.02 Å². The third-order valence-corrected chi connectivity index (χ3v) is 7.39. The molecule has 0 aliphatic rings. The Kier molecular flexibility index (Phi) is 7.46. The average Bonchev–Trinajstić information content (AvgIpc) is 3.39. The van der Waals surface area contributed by atoms with E-state index in [1.165, 1.54) is 24.1 Å². The number of halogens is 3. The molecule has 0 fully saturated rings. The lowest BCUT2D eigenvalue weighted by Crippen LogP contribution is -2.20. The summed E-state index contributed by atoms with van der Waals surface area (Å²) in [5, 5.41) is 6.28. The number of benzene rings is 4. The van der Waals surface area contributed by atoms with Crippen molar-refractivity contribution in [1.29, 1.82) is 0 Å². The smallest absolute Gasteiger partial charge is 0.282 e. The fourth-order valence-electron chi connectivity index (χ4n) is 4.36. The van der Waals surface area contributed by atoms with Crippen LogP contribution in [0.3, 0.4) is 0 Å². The third-order valence-electron chi connectivity index (χ3n) is 6.36. The molecule has 4 aromatic carbocycles. The van der Waals surface area contributed by atoms with Gasteiger partial charge in [0.2, 0.25) is 5.82 Å². The zero-order valence-electron chi connectivity index (χ0n) is 21.5. The second kappa shape index (κ2) is 11.3. The highest BCUT2D eigenvalue weighted by Gasteiger charge is 2.17. The second-order valence-corrected chi connectivity index (χ2v) is 10.6. The normalized spacial score (nSPS) is 11.5. The van der Waals surface area contributed by atoms with Gasteiger partial charge in [0, 0.05) is 16.0 Å². The van der Waals surface area contributed by atoms with Crippen LogP contribution in [0, 0.1) is 9.39 Å². The lowest BCUT2D eigenvalue weighted by Gasteiger charge is -2.14. The Balaban J connectivity index is 1.40. The number of rotatable bonds is 7. The summed E-state index contributed by atoms with van der Waals surface area (Å²) in [6, 6.07) is 24.1. The molecule has 0 N–H and O–H groups in total. The summed E-state index contributed by atoms with van der Waals surface area (Å²) in [7, 11) is 1.52. The van der Waals surface area contributed by atoms with Gasteiger partial charge in [-0.15, -0.1) is 0 Å². The summed E-state index contributed by atoms with van der Waals surface area (Å²) in [5.74, 6) is 1.17. The Labute approximate surface area is 251 Å². The van der Waals surface area contributed by atoms with Gasteiger partial charge in [-0.05, 0) is 82.8 Å². The maximum atomic E-state index is 14.1. The maximum Gasteiger partial charge on any atom is 0.282 e. The monoisotopic (exact) mass is 679 g/mol. The van der Waals surface area contributed by atoms with Gasteiger partial charge in [0.15, 0.2) is 17.3 Å². The number of para-hydroxylation sites is 1. The number of fused-ring (bicyclic) bond motifs is 2. The van der Waals surface area contributed by atoms with Crippen molar-refractivity contribution in [3.63, 3.8) is 0 Å². The highest BCUT2D eigenvalue weighted by atomic mass is 127. The van der Waals surface area contributed by atoms with E-state index in [0.717, 1.165) is 8.96 Å². The van der Waals surface area contributed by atoms with E-state index in [4.69, 9.17) is 30.5 Å². The molecule has 204 valence electrons. The van der Waals surface area contributed by atoms with Crippen molar-refractivity contribution in [2.24, 2.45) is 5.10 Å². The molecular formula is C31H20ClFIN3O4. The summed E-state index contributed by atoms with van der Waals surface area (Å²) >= 11 is 8.28. The first kappa shape index (κ1) is 27.0. The van der Waals surface area contributed by atoms with Crippen LogP contribution in [0.4, 0.5) is 4.39 Å². The minimum atomic E-state index is -0.355. The van der Waals surface area contributed by atoms with E-state index in [9.17, 15) is 9.18 Å². The van der Waals surface area contributed by atoms with Crippen molar-refractivity contribution < 1.29 is 18.3 Å². The van der Waals surface area contributed by atoms with E-state index >= 15 is 0 Å². The van der Waals surface area contributed by atoms with Gasteiger partial charge in [0.1, 0.15) is 18.0 Å². The van der Waals surface area contributed by atoms with Crippen molar-refractivity contribution >= 4 is 62.3 Å². The van der Waals surface area contributed by atoms with Gasteiger partial charge in [0.25, 0.3) is 5.56 Å². The van der Waals surface area contributed by atoms with Crippen molar-refractivity contribution in [3.8, 4) is 23.1 Å². The predicted molar refractivity (Wildman–Crippen MR) is 166 cm³/mol. The summed E-state index contributed by atoms with van der Waals surface area (Å²) in [6.45, 7) is 0.0384. The van der Waals surface area contributed by atoms with Gasteiger partial charge >= 0.3 is 0 Å². The van der Waals surface area contributed by atoms with E-state index in [1.807, 2.05) is 12.1 Å². The van der Waals surface area contributed by atoms with Gasteiger partial charge in [-0.2, -0.15) is 9.78 Å². The Morgan fingerprint density at radius 1 is 1.07 bits per heavy atom. The number of methoxy groups -OCH3 is 1. The lowest BCUT2D eigenvalue weighted by molar-refractivity contribution is 0.277. The van der Waals surface area contributed by atoms with Crippen LogP contribution in [-0.4, -0.2) is 23.0 Å². The number of hydrogen-bond donors (Lipinski definition) is 0. The first-order valence-corrected chi connectivity index (χ1v) is 13.9. The topological polar surface area (TPSA) is 78.9 Å². The minimum absolute atomic E-state index is 0.0384. The van der Waals surface area contributed by atoms with Crippen molar-refractivity contribution in [2.45, 2.75) is 6.61 Å². The molecule has 0 atom stereocenters. The molecule has 0 saturated carbocycles. The molecule has 0 saturated heterocycles. The molecule has 6 aromatic rings. The van der Waals surface area contributed by atoms with Crippen LogP contribution in [0.25, 0.3) is 33.5 Å². The molecule has 2 aromatic heterocycles. The SMILES string of the molecule is COc1cc(C=Nn2c(-c3cc4cc(Cl)ccc4o3)nc3ccccc3c2=O)cc(I)c1OCc1ccccc1F. The largest absolute Gasteiger partial charge is 0.493 e. The Bertz CT molecular complexity index is 2020. The molecule has 0 radical (unpaired) electrons. The maximum absolute atomic E-state index is 14.1. The van der Waals surface area contributed by atoms with Crippen molar-refractivity contribution in [3.05, 3.63) is 121 Å². The van der Waals surface area contributed by atoms with Crippen LogP contribution in [-0.2, 0) is 6.61 Å². The number of hydrogen-bond acceptors (Lipinski definition) is 6. The fraction of sp³-hybridized carbons (Fsp3) is 0.0645. The zero-order valence-corrected chi connectivity index (χ0v) is 24.4. The van der Waals surface area contributed by atoms with Crippen LogP contribution < -0.4 is 15.0 Å². The van der Waals surface area contributed by atoms with Gasteiger partial charge in [-0.25, -0.2) is 9.37 Å². The molecular weight excluding hydrogens is 660 g/mol. The number of furan rings is 1. The molecule has 6 rings (SSSR count). The predicted octanol–water partition coefficient (Wildman–Crippen LogP) is 7.68. The molecule has 0 unspecified atom stereocenters. The summed E-state index contributed by atoms with van der Waals surface area (Å²) in [5.41, 5.74) is 1.84. The first-order chi connectivity index (χ1) is 19.9. The molecule has 0 aliphatic carbocycles. The van der Waals surface area contributed by atoms with E-state index in [0.29, 0.717) is 49.9 Å². The van der Waals surface area contributed by atoms with E-state index in [1.54, 1.807) is 66.7 Å². The number of nitrogens with zero attached hydrogens (tertiary/aromatic N) is 3. The molecule has 0 spiro atoms. The zero-order chi connectivity index (χ0) is 28.5. The lowest BCUT2D eigenvalue weighted by atomic mass is 10.2. The summed E-state index contributed by atoms with van der Waals surface area (Å²) < 4.78 is 33.5. The third kappa shape index (κ3) is 5.42. The molecule has 10 heteroatoms. The van der Waals surface area contributed by atoms with Crippen molar-refractivity contribution in [2.75, 3.05) is 7.11 Å². The highest BCUT2D eigenvalue weighted by Crippen LogP contribution is 2.34. The number of aromatic nitrogens is 2. The first-order valence-electron chi connectivity index (χ1n) is 12.4. The van der Waals surface area contributed by atoms with Gasteiger partial charge in [-0.1, -0.05) is 41.9 Å². The molecule has 2 heterocycles. The molecule has 0 aliphatic heterocycles. The fourth-order valence-corrected chi connectivity index (χ4v) is 5.32. The Hall–Kier alpha value is -4.22. The van der Waals surface area contributed by atoms with E-state index in [2.05, 4.69) is 27.7 Å². The quantitative estimate of drug-likeness (QED) is 0.128. The Morgan fingerprint density at radius 2 is 1.88 bits per heavy atom. The molecule has 0 amide bonds. The molecule has 41 heavy (non-hydrogen) atoms. The Morgan fingerprint density at radius 3 is 2.71 bits per heavy atom. The molecule has 0 bridgehead atoms. The van der Waals surface area contributed by atoms with Crippen LogP contribution >= 0.6 is 34.2 Å². The van der Waals surface area contributed by atoms with Crippen molar-refractivity contribution in [1.82, 2.24) is 9.66 Å². The summed E-state index contributed by atoms with van der Waals surface area (Å²) in [4.78, 5) is 18.3. The van der Waals surface area contributed by atoms with Gasteiger partial charge in [0.05, 0.1) is 27.8 Å². The average molecular weight is 680 g/mol. The van der Waals surface area contributed by atoms with Gasteiger partial charge in [-0.3, -0.25) is 4.79 Å². The highest BCUT2D eigenvalue weighted by molar-refractivity contribution is 14.1. The van der Waals surface area contributed by atoms with Crippen LogP contribution in [0.1, 0.15) is 11.1 Å².